The Morgan fingerprint density at radius 1 is 1.11 bits per heavy atom. The van der Waals surface area contributed by atoms with Crippen LogP contribution in [0.3, 0.4) is 0 Å². The average Bonchev–Trinajstić information content (AvgIpc) is 1.63. The summed E-state index contributed by atoms with van der Waals surface area (Å²) in [6.07, 6.45) is 1.30. The third-order valence-electron chi connectivity index (χ3n) is 1.69. The maximum Gasteiger partial charge on any atom is 0.00632 e. The first-order valence-electron chi connectivity index (χ1n) is 3.70. The monoisotopic (exact) mass is 129 g/mol. The van der Waals surface area contributed by atoms with E-state index in [1.807, 2.05) is 0 Å². The molecule has 0 aliphatic rings. The molecule has 9 heavy (non-hydrogen) atoms. The van der Waals surface area contributed by atoms with E-state index in [0.29, 0.717) is 0 Å². The standard InChI is InChI=1S/C8H19N/c1-7(2)6-8(3)9(4)5/h7-8H,6H2,1-5H3. The Bertz CT molecular complexity index is 67.0. The third-order valence-corrected chi connectivity index (χ3v) is 1.69. The minimum absolute atomic E-state index is 0.727. The van der Waals surface area contributed by atoms with Crippen LogP contribution in [0.25, 0.3) is 0 Å². The molecule has 0 bridgehead atoms. The van der Waals surface area contributed by atoms with Gasteiger partial charge in [0.2, 0.25) is 0 Å². The van der Waals surface area contributed by atoms with Gasteiger partial charge in [0.15, 0.2) is 0 Å². The van der Waals surface area contributed by atoms with Gasteiger partial charge in [-0.25, -0.2) is 0 Å². The number of nitrogens with zero attached hydrogens (tertiary/aromatic N) is 1. The molecule has 0 aliphatic carbocycles. The van der Waals surface area contributed by atoms with Gasteiger partial charge in [-0.1, -0.05) is 13.8 Å². The lowest BCUT2D eigenvalue weighted by Gasteiger charge is -2.21. The van der Waals surface area contributed by atoms with Crippen LogP contribution in [0, 0.1) is 5.92 Å². The maximum absolute atomic E-state index is 2.26. The van der Waals surface area contributed by atoms with Crippen LogP contribution in [-0.4, -0.2) is 25.0 Å². The highest BCUT2D eigenvalue weighted by molar-refractivity contribution is 4.60. The Hall–Kier alpha value is -0.0400. The van der Waals surface area contributed by atoms with Gasteiger partial charge in [0, 0.05) is 6.04 Å². The smallest absolute Gasteiger partial charge is 0.00632 e. The lowest BCUT2D eigenvalue weighted by atomic mass is 10.1. The Morgan fingerprint density at radius 3 is 1.67 bits per heavy atom. The van der Waals surface area contributed by atoms with Crippen molar-refractivity contribution in [2.45, 2.75) is 33.2 Å². The van der Waals surface area contributed by atoms with Crippen molar-refractivity contribution in [2.24, 2.45) is 5.92 Å². The highest BCUT2D eigenvalue weighted by atomic mass is 15.1. The van der Waals surface area contributed by atoms with Crippen LogP contribution in [0.1, 0.15) is 27.2 Å². The lowest BCUT2D eigenvalue weighted by Crippen LogP contribution is -2.25. The molecular weight excluding hydrogens is 110 g/mol. The minimum atomic E-state index is 0.727. The Morgan fingerprint density at radius 2 is 1.56 bits per heavy atom. The van der Waals surface area contributed by atoms with Crippen molar-refractivity contribution < 1.29 is 0 Å². The average molecular weight is 129 g/mol. The van der Waals surface area contributed by atoms with Crippen molar-refractivity contribution in [2.75, 3.05) is 14.1 Å². The zero-order valence-corrected chi connectivity index (χ0v) is 7.31. The lowest BCUT2D eigenvalue weighted by molar-refractivity contribution is 0.274. The predicted molar refractivity (Wildman–Crippen MR) is 42.6 cm³/mol. The molecule has 1 atom stereocenters. The van der Waals surface area contributed by atoms with Gasteiger partial charge < -0.3 is 4.90 Å². The summed E-state index contributed by atoms with van der Waals surface area (Å²) in [7, 11) is 4.26. The van der Waals surface area contributed by atoms with Gasteiger partial charge in [-0.05, 0) is 33.4 Å². The predicted octanol–water partition coefficient (Wildman–Crippen LogP) is 1.98. The van der Waals surface area contributed by atoms with Gasteiger partial charge in [-0.15, -0.1) is 0 Å². The maximum atomic E-state index is 2.26. The largest absolute Gasteiger partial charge is 0.307 e. The summed E-state index contributed by atoms with van der Waals surface area (Å²) in [5, 5.41) is 0. The first-order chi connectivity index (χ1) is 4.04. The van der Waals surface area contributed by atoms with E-state index < -0.39 is 0 Å². The highest BCUT2D eigenvalue weighted by Crippen LogP contribution is 2.06. The molecule has 0 N–H and O–H groups in total. The first-order valence-corrected chi connectivity index (χ1v) is 3.70. The molecule has 0 saturated heterocycles. The van der Waals surface area contributed by atoms with Gasteiger partial charge in [-0.3, -0.25) is 0 Å². The molecular formula is C8H19N. The molecule has 1 nitrogen and oxygen atoms in total. The van der Waals surface area contributed by atoms with Crippen molar-refractivity contribution in [1.29, 1.82) is 0 Å². The molecule has 1 heteroatoms. The third kappa shape index (κ3) is 4.46. The summed E-state index contributed by atoms with van der Waals surface area (Å²) >= 11 is 0. The van der Waals surface area contributed by atoms with Crippen LogP contribution < -0.4 is 0 Å². The molecule has 1 unspecified atom stereocenters. The van der Waals surface area contributed by atoms with Gasteiger partial charge >= 0.3 is 0 Å². The second-order valence-corrected chi connectivity index (χ2v) is 3.44. The van der Waals surface area contributed by atoms with E-state index in [4.69, 9.17) is 0 Å². The van der Waals surface area contributed by atoms with Crippen LogP contribution in [0.15, 0.2) is 0 Å². The van der Waals surface area contributed by atoms with E-state index in [1.165, 1.54) is 6.42 Å². The van der Waals surface area contributed by atoms with E-state index in [1.54, 1.807) is 0 Å². The first kappa shape index (κ1) is 8.96. The van der Waals surface area contributed by atoms with Crippen molar-refractivity contribution in [1.82, 2.24) is 4.90 Å². The van der Waals surface area contributed by atoms with Crippen LogP contribution in [-0.2, 0) is 0 Å². The summed E-state index contributed by atoms with van der Waals surface area (Å²) < 4.78 is 0. The summed E-state index contributed by atoms with van der Waals surface area (Å²) in [5.41, 5.74) is 0. The van der Waals surface area contributed by atoms with Crippen LogP contribution in [0.4, 0.5) is 0 Å². The van der Waals surface area contributed by atoms with Crippen molar-refractivity contribution in [3.05, 3.63) is 0 Å². The Balaban J connectivity index is 3.38. The van der Waals surface area contributed by atoms with Crippen LogP contribution >= 0.6 is 0 Å². The SMILES string of the molecule is CC(C)CC(C)N(C)C. The van der Waals surface area contributed by atoms with Crippen molar-refractivity contribution >= 4 is 0 Å². The molecule has 0 spiro atoms. The molecule has 0 rings (SSSR count). The number of hydrogen-bond acceptors (Lipinski definition) is 1. The van der Waals surface area contributed by atoms with E-state index in [2.05, 4.69) is 39.8 Å². The summed E-state index contributed by atoms with van der Waals surface area (Å²) in [5.74, 6) is 0.822. The normalized spacial score (nSPS) is 15.0. The second-order valence-electron chi connectivity index (χ2n) is 3.44. The fourth-order valence-electron chi connectivity index (χ4n) is 0.893. The van der Waals surface area contributed by atoms with Gasteiger partial charge in [0.25, 0.3) is 0 Å². The van der Waals surface area contributed by atoms with Gasteiger partial charge in [-0.2, -0.15) is 0 Å². The topological polar surface area (TPSA) is 3.24 Å². The van der Waals surface area contributed by atoms with Crippen molar-refractivity contribution in [3.8, 4) is 0 Å². The quantitative estimate of drug-likeness (QED) is 0.563. The fraction of sp³-hybridized carbons (Fsp3) is 1.00. The highest BCUT2D eigenvalue weighted by Gasteiger charge is 2.05. The Labute approximate surface area is 59.1 Å². The Kier molecular flexibility index (Phi) is 3.87. The van der Waals surface area contributed by atoms with E-state index in [-0.39, 0.29) is 0 Å². The molecule has 0 fully saturated rings. The number of rotatable bonds is 3. The second kappa shape index (κ2) is 3.89. The summed E-state index contributed by atoms with van der Waals surface area (Å²) in [6.45, 7) is 6.79. The van der Waals surface area contributed by atoms with Crippen molar-refractivity contribution in [3.63, 3.8) is 0 Å². The van der Waals surface area contributed by atoms with Crippen LogP contribution in [0.5, 0.6) is 0 Å². The molecule has 0 aromatic heterocycles. The molecule has 0 amide bonds. The fourth-order valence-corrected chi connectivity index (χ4v) is 0.893. The molecule has 0 saturated carbocycles. The molecule has 0 aromatic carbocycles. The molecule has 56 valence electrons. The van der Waals surface area contributed by atoms with Crippen LogP contribution in [0.2, 0.25) is 0 Å². The van der Waals surface area contributed by atoms with Gasteiger partial charge in [0.1, 0.15) is 0 Å². The van der Waals surface area contributed by atoms with E-state index >= 15 is 0 Å². The summed E-state index contributed by atoms with van der Waals surface area (Å²) in [6, 6.07) is 0.727. The van der Waals surface area contributed by atoms with E-state index in [9.17, 15) is 0 Å². The van der Waals surface area contributed by atoms with E-state index in [0.717, 1.165) is 12.0 Å². The molecule has 0 aliphatic heterocycles. The zero-order chi connectivity index (χ0) is 7.44. The molecule has 0 heterocycles. The number of hydrogen-bond donors (Lipinski definition) is 0. The molecule has 0 aromatic rings. The zero-order valence-electron chi connectivity index (χ0n) is 7.31. The summed E-state index contributed by atoms with van der Waals surface area (Å²) in [4.78, 5) is 2.26. The minimum Gasteiger partial charge on any atom is -0.307 e. The van der Waals surface area contributed by atoms with Gasteiger partial charge in [0.05, 0.1) is 0 Å². The molecule has 0 radical (unpaired) electrons.